The number of alkyl halides is 3. The normalized spacial score (nSPS) is 11.1. The SMILES string of the molecule is Cc1cc(Br)ccc1NC(=O)CNc1ccc(NC(=O)c2ccco2)cc1C(F)(F)F. The lowest BCUT2D eigenvalue weighted by Crippen LogP contribution is -2.23. The van der Waals surface area contributed by atoms with Crippen molar-refractivity contribution in [2.75, 3.05) is 22.5 Å². The maximum Gasteiger partial charge on any atom is 0.418 e. The number of halogens is 4. The molecule has 3 rings (SSSR count). The van der Waals surface area contributed by atoms with Crippen molar-refractivity contribution < 1.29 is 27.2 Å². The minimum absolute atomic E-state index is 0.0318. The van der Waals surface area contributed by atoms with Crippen molar-refractivity contribution >= 4 is 44.8 Å². The van der Waals surface area contributed by atoms with E-state index in [1.54, 1.807) is 25.1 Å². The topological polar surface area (TPSA) is 83.4 Å². The van der Waals surface area contributed by atoms with Crippen molar-refractivity contribution in [1.82, 2.24) is 0 Å². The van der Waals surface area contributed by atoms with E-state index in [9.17, 15) is 22.8 Å². The largest absolute Gasteiger partial charge is 0.459 e. The van der Waals surface area contributed by atoms with E-state index in [0.717, 1.165) is 22.2 Å². The van der Waals surface area contributed by atoms with Gasteiger partial charge in [-0.3, -0.25) is 9.59 Å². The Balaban J connectivity index is 1.71. The number of carbonyl (C=O) groups excluding carboxylic acids is 2. The number of furan rings is 1. The fourth-order valence-electron chi connectivity index (χ4n) is 2.75. The maximum absolute atomic E-state index is 13.5. The molecule has 1 aromatic heterocycles. The second-order valence-corrected chi connectivity index (χ2v) is 7.47. The summed E-state index contributed by atoms with van der Waals surface area (Å²) in [5.41, 5.74) is -0.00450. The molecular formula is C21H17BrF3N3O3. The standard InChI is InChI=1S/C21H17BrF3N3O3/c1-12-9-13(22)4-6-16(12)28-19(29)11-26-17-7-5-14(10-15(17)21(23,24)25)27-20(30)18-3-2-8-31-18/h2-10,26H,11H2,1H3,(H,27,30)(H,28,29). The molecule has 1 heterocycles. The molecule has 0 aliphatic heterocycles. The molecule has 0 saturated carbocycles. The Hall–Kier alpha value is -3.27. The molecule has 2 aromatic carbocycles. The van der Waals surface area contributed by atoms with Gasteiger partial charge in [0.15, 0.2) is 5.76 Å². The molecule has 0 spiro atoms. The first-order chi connectivity index (χ1) is 14.6. The van der Waals surface area contributed by atoms with Crippen molar-refractivity contribution in [2.24, 2.45) is 0 Å². The smallest absolute Gasteiger partial charge is 0.418 e. The zero-order chi connectivity index (χ0) is 22.6. The van der Waals surface area contributed by atoms with E-state index in [0.29, 0.717) is 5.69 Å². The molecule has 0 saturated heterocycles. The maximum atomic E-state index is 13.5. The number of hydrogen-bond acceptors (Lipinski definition) is 4. The van der Waals surface area contributed by atoms with E-state index < -0.39 is 23.6 Å². The molecule has 162 valence electrons. The Kier molecular flexibility index (Phi) is 6.69. The number of carbonyl (C=O) groups is 2. The predicted octanol–water partition coefficient (Wildman–Crippen LogP) is 5.67. The molecule has 0 atom stereocenters. The first-order valence-electron chi connectivity index (χ1n) is 8.99. The van der Waals surface area contributed by atoms with Crippen molar-refractivity contribution in [2.45, 2.75) is 13.1 Å². The average Bonchev–Trinajstić information content (AvgIpc) is 3.23. The zero-order valence-corrected chi connectivity index (χ0v) is 17.7. The Morgan fingerprint density at radius 2 is 1.77 bits per heavy atom. The van der Waals surface area contributed by atoms with E-state index in [1.165, 1.54) is 24.5 Å². The van der Waals surface area contributed by atoms with E-state index in [-0.39, 0.29) is 23.7 Å². The fraction of sp³-hybridized carbons (Fsp3) is 0.143. The Labute approximate surface area is 184 Å². The summed E-state index contributed by atoms with van der Waals surface area (Å²) in [6.07, 6.45) is -3.42. The van der Waals surface area contributed by atoms with E-state index in [4.69, 9.17) is 4.42 Å². The Bertz CT molecular complexity index is 1100. The molecule has 2 amide bonds. The third kappa shape index (κ3) is 5.88. The first kappa shape index (κ1) is 22.4. The summed E-state index contributed by atoms with van der Waals surface area (Å²) < 4.78 is 46.3. The minimum atomic E-state index is -4.70. The van der Waals surface area contributed by atoms with Crippen molar-refractivity contribution in [3.63, 3.8) is 0 Å². The molecule has 10 heteroatoms. The number of anilines is 3. The molecule has 0 aliphatic rings. The highest BCUT2D eigenvalue weighted by Crippen LogP contribution is 2.36. The van der Waals surface area contributed by atoms with Crippen LogP contribution in [0, 0.1) is 6.92 Å². The molecule has 0 unspecified atom stereocenters. The van der Waals surface area contributed by atoms with E-state index in [1.807, 2.05) is 0 Å². The zero-order valence-electron chi connectivity index (χ0n) is 16.1. The molecule has 0 fully saturated rings. The number of benzene rings is 2. The van der Waals surface area contributed by atoms with Crippen LogP contribution in [-0.2, 0) is 11.0 Å². The van der Waals surface area contributed by atoms with Crippen molar-refractivity contribution in [3.8, 4) is 0 Å². The number of amides is 2. The predicted molar refractivity (Wildman–Crippen MR) is 114 cm³/mol. The van der Waals surface area contributed by atoms with Crippen LogP contribution in [0.4, 0.5) is 30.2 Å². The van der Waals surface area contributed by atoms with Gasteiger partial charge in [0.2, 0.25) is 5.91 Å². The lowest BCUT2D eigenvalue weighted by atomic mass is 10.1. The van der Waals surface area contributed by atoms with Gasteiger partial charge in [-0.15, -0.1) is 0 Å². The van der Waals surface area contributed by atoms with Gasteiger partial charge < -0.3 is 20.4 Å². The number of nitrogens with one attached hydrogen (secondary N) is 3. The van der Waals surface area contributed by atoms with E-state index >= 15 is 0 Å². The van der Waals surface area contributed by atoms with Crippen LogP contribution in [-0.4, -0.2) is 18.4 Å². The summed E-state index contributed by atoms with van der Waals surface area (Å²) in [5, 5.41) is 7.50. The number of aryl methyl sites for hydroxylation is 1. The molecule has 0 bridgehead atoms. The van der Waals surface area contributed by atoms with Crippen LogP contribution in [0.3, 0.4) is 0 Å². The minimum Gasteiger partial charge on any atom is -0.459 e. The summed E-state index contributed by atoms with van der Waals surface area (Å²) in [6, 6.07) is 11.4. The van der Waals surface area contributed by atoms with Crippen LogP contribution < -0.4 is 16.0 Å². The van der Waals surface area contributed by atoms with Crippen LogP contribution in [0.2, 0.25) is 0 Å². The quantitative estimate of drug-likeness (QED) is 0.411. The van der Waals surface area contributed by atoms with Gasteiger partial charge in [-0.05, 0) is 61.0 Å². The van der Waals surface area contributed by atoms with Crippen molar-refractivity contribution in [3.05, 3.63) is 76.2 Å². The van der Waals surface area contributed by atoms with Gasteiger partial charge in [0.25, 0.3) is 5.91 Å². The van der Waals surface area contributed by atoms with Gasteiger partial charge >= 0.3 is 6.18 Å². The van der Waals surface area contributed by atoms with Crippen LogP contribution in [0.15, 0.2) is 63.7 Å². The molecule has 31 heavy (non-hydrogen) atoms. The van der Waals surface area contributed by atoms with Crippen LogP contribution in [0.25, 0.3) is 0 Å². The third-order valence-corrected chi connectivity index (χ3v) is 4.72. The lowest BCUT2D eigenvalue weighted by Gasteiger charge is -2.16. The van der Waals surface area contributed by atoms with Gasteiger partial charge in [0.1, 0.15) is 0 Å². The Morgan fingerprint density at radius 1 is 1.03 bits per heavy atom. The molecule has 3 aromatic rings. The second-order valence-electron chi connectivity index (χ2n) is 6.55. The van der Waals surface area contributed by atoms with Gasteiger partial charge in [-0.1, -0.05) is 15.9 Å². The number of rotatable bonds is 6. The van der Waals surface area contributed by atoms with Gasteiger partial charge in [0.05, 0.1) is 18.4 Å². The van der Waals surface area contributed by atoms with Crippen LogP contribution >= 0.6 is 15.9 Å². The number of hydrogen-bond donors (Lipinski definition) is 3. The molecule has 0 radical (unpaired) electrons. The molecule has 0 aliphatic carbocycles. The third-order valence-electron chi connectivity index (χ3n) is 4.23. The summed E-state index contributed by atoms with van der Waals surface area (Å²) in [4.78, 5) is 24.2. The highest BCUT2D eigenvalue weighted by atomic mass is 79.9. The summed E-state index contributed by atoms with van der Waals surface area (Å²) in [6.45, 7) is 1.42. The first-order valence-corrected chi connectivity index (χ1v) is 9.79. The molecular weight excluding hydrogens is 479 g/mol. The van der Waals surface area contributed by atoms with Crippen LogP contribution in [0.1, 0.15) is 21.7 Å². The lowest BCUT2D eigenvalue weighted by molar-refractivity contribution is -0.137. The van der Waals surface area contributed by atoms with Crippen molar-refractivity contribution in [1.29, 1.82) is 0 Å². The second kappa shape index (κ2) is 9.25. The fourth-order valence-corrected chi connectivity index (χ4v) is 3.22. The molecule has 3 N–H and O–H groups in total. The van der Waals surface area contributed by atoms with E-state index in [2.05, 4.69) is 31.9 Å². The monoisotopic (exact) mass is 495 g/mol. The van der Waals surface area contributed by atoms with Gasteiger partial charge in [-0.2, -0.15) is 13.2 Å². The van der Waals surface area contributed by atoms with Gasteiger partial charge in [-0.25, -0.2) is 0 Å². The van der Waals surface area contributed by atoms with Gasteiger partial charge in [0, 0.05) is 21.5 Å². The summed E-state index contributed by atoms with van der Waals surface area (Å²) in [7, 11) is 0. The summed E-state index contributed by atoms with van der Waals surface area (Å²) in [5.74, 6) is -1.22. The van der Waals surface area contributed by atoms with Crippen LogP contribution in [0.5, 0.6) is 0 Å². The Morgan fingerprint density at radius 3 is 2.42 bits per heavy atom. The summed E-state index contributed by atoms with van der Waals surface area (Å²) >= 11 is 3.32. The highest BCUT2D eigenvalue weighted by Gasteiger charge is 2.34. The highest BCUT2D eigenvalue weighted by molar-refractivity contribution is 9.10. The average molecular weight is 496 g/mol. The molecule has 6 nitrogen and oxygen atoms in total.